The highest BCUT2D eigenvalue weighted by Gasteiger charge is 2.07. The zero-order valence-corrected chi connectivity index (χ0v) is 4.63. The zero-order valence-electron chi connectivity index (χ0n) is 4.63. The van der Waals surface area contributed by atoms with Gasteiger partial charge in [-0.15, -0.1) is 0 Å². The molecule has 0 aromatic carbocycles. The molecule has 0 rings (SSSR count). The number of carbonyl (C=O) groups is 2. The predicted molar refractivity (Wildman–Crippen MR) is 39.0 cm³/mol. The summed E-state index contributed by atoms with van der Waals surface area (Å²) >= 11 is 0. The van der Waals surface area contributed by atoms with E-state index in [1.807, 2.05) is 0 Å². The highest BCUT2D eigenvalue weighted by atomic mass is 27.0. The Morgan fingerprint density at radius 3 is 1.80 bits per heavy atom. The van der Waals surface area contributed by atoms with Crippen molar-refractivity contribution in [2.24, 2.45) is 0 Å². The van der Waals surface area contributed by atoms with Gasteiger partial charge in [-0.3, -0.25) is 4.79 Å². The third-order valence-corrected chi connectivity index (χ3v) is 0.667. The number of carboxylic acids is 2. The normalized spacial score (nSPS) is 7.60. The van der Waals surface area contributed by atoms with Gasteiger partial charge in [0, 0.05) is 5.57 Å². The summed E-state index contributed by atoms with van der Waals surface area (Å²) < 4.78 is 0. The van der Waals surface area contributed by atoms with Gasteiger partial charge in [0.15, 0.2) is 17.4 Å². The van der Waals surface area contributed by atoms with Crippen LogP contribution in [0.2, 0.25) is 0 Å². The topological polar surface area (TPSA) is 74.6 Å². The molecule has 0 aliphatic rings. The van der Waals surface area contributed by atoms with Crippen molar-refractivity contribution in [3.63, 3.8) is 0 Å². The molecule has 0 aliphatic carbocycles. The van der Waals surface area contributed by atoms with Gasteiger partial charge in [0.1, 0.15) is 0 Å². The van der Waals surface area contributed by atoms with E-state index in [1.165, 1.54) is 0 Å². The van der Waals surface area contributed by atoms with Crippen molar-refractivity contribution in [3.8, 4) is 0 Å². The summed E-state index contributed by atoms with van der Waals surface area (Å²) in [6.45, 7) is 3.01. The van der Waals surface area contributed by atoms with Gasteiger partial charge in [0.2, 0.25) is 0 Å². The van der Waals surface area contributed by atoms with E-state index >= 15 is 0 Å². The van der Waals surface area contributed by atoms with Crippen LogP contribution in [0, 0.1) is 0 Å². The summed E-state index contributed by atoms with van der Waals surface area (Å²) in [7, 11) is 0. The van der Waals surface area contributed by atoms with Crippen LogP contribution in [0.5, 0.6) is 0 Å². The maximum absolute atomic E-state index is 9.87. The average molecular weight is 160 g/mol. The summed E-state index contributed by atoms with van der Waals surface area (Å²) in [5.74, 6) is -2.44. The second-order valence-electron chi connectivity index (χ2n) is 1.48. The molecular weight excluding hydrogens is 151 g/mol. The minimum Gasteiger partial charge on any atom is -0.481 e. The molecule has 0 unspecified atom stereocenters. The quantitative estimate of drug-likeness (QED) is 0.406. The first-order chi connectivity index (χ1) is 4.04. The van der Waals surface area contributed by atoms with Crippen LogP contribution < -0.4 is 0 Å². The highest BCUT2D eigenvalue weighted by Crippen LogP contribution is 1.95. The molecule has 10 heavy (non-hydrogen) atoms. The van der Waals surface area contributed by atoms with Gasteiger partial charge in [0.05, 0.1) is 6.42 Å². The Morgan fingerprint density at radius 1 is 1.30 bits per heavy atom. The molecule has 0 saturated carbocycles. The third-order valence-electron chi connectivity index (χ3n) is 0.667. The second-order valence-corrected chi connectivity index (χ2v) is 1.48. The van der Waals surface area contributed by atoms with E-state index in [4.69, 9.17) is 10.2 Å². The van der Waals surface area contributed by atoms with Gasteiger partial charge < -0.3 is 10.2 Å². The standard InChI is InChI=1S/C5H6O4.Al.3H/c1-3(5(8)9)2-4(6)7;;;;/h1-2H2,(H,6,7)(H,8,9);;;;. The lowest BCUT2D eigenvalue weighted by Gasteiger charge is -1.91. The van der Waals surface area contributed by atoms with Crippen LogP contribution >= 0.6 is 0 Å². The predicted octanol–water partition coefficient (Wildman–Crippen LogP) is -1.08. The maximum Gasteiger partial charge on any atom is 0.331 e. The minimum atomic E-state index is -1.27. The molecule has 0 radical (unpaired) electrons. The third kappa shape index (κ3) is 5.35. The van der Waals surface area contributed by atoms with E-state index in [1.54, 1.807) is 0 Å². The van der Waals surface area contributed by atoms with E-state index in [2.05, 4.69) is 6.58 Å². The number of aliphatic carboxylic acids is 2. The second kappa shape index (κ2) is 5.03. The number of hydrogen-bond donors (Lipinski definition) is 2. The Kier molecular flexibility index (Phi) is 6.01. The lowest BCUT2D eigenvalue weighted by Crippen LogP contribution is -2.04. The molecule has 0 fully saturated rings. The van der Waals surface area contributed by atoms with E-state index in [-0.39, 0.29) is 22.9 Å². The molecule has 0 bridgehead atoms. The molecule has 0 aliphatic heterocycles. The van der Waals surface area contributed by atoms with Crippen molar-refractivity contribution in [1.82, 2.24) is 0 Å². The monoisotopic (exact) mass is 160 g/mol. The Morgan fingerprint density at radius 2 is 1.70 bits per heavy atom. The molecule has 0 spiro atoms. The SMILES string of the molecule is C=C(CC(=O)O)C(=O)O.[AlH3]. The highest BCUT2D eigenvalue weighted by molar-refractivity contribution is 5.91. The first-order valence-electron chi connectivity index (χ1n) is 2.17. The van der Waals surface area contributed by atoms with E-state index < -0.39 is 18.4 Å². The lowest BCUT2D eigenvalue weighted by molar-refractivity contribution is -0.139. The molecule has 0 aromatic heterocycles. The van der Waals surface area contributed by atoms with Gasteiger partial charge in [-0.2, -0.15) is 0 Å². The Balaban J connectivity index is 0. The molecule has 0 atom stereocenters. The summed E-state index contributed by atoms with van der Waals surface area (Å²) in [6.07, 6.45) is -0.505. The van der Waals surface area contributed by atoms with Gasteiger partial charge in [-0.25, -0.2) is 4.79 Å². The molecule has 0 saturated heterocycles. The summed E-state index contributed by atoms with van der Waals surface area (Å²) in [5, 5.41) is 16.1. The molecule has 2 N–H and O–H groups in total. The van der Waals surface area contributed by atoms with Gasteiger partial charge >= 0.3 is 11.9 Å². The number of rotatable bonds is 3. The summed E-state index contributed by atoms with van der Waals surface area (Å²) in [6, 6.07) is 0. The molecule has 0 heterocycles. The van der Waals surface area contributed by atoms with Gasteiger partial charge in [0.25, 0.3) is 0 Å². The van der Waals surface area contributed by atoms with Crippen molar-refractivity contribution in [3.05, 3.63) is 12.2 Å². The first-order valence-corrected chi connectivity index (χ1v) is 2.17. The van der Waals surface area contributed by atoms with Crippen LogP contribution in [-0.4, -0.2) is 39.5 Å². The fraction of sp³-hybridized carbons (Fsp3) is 0.200. The molecule has 4 nitrogen and oxygen atoms in total. The van der Waals surface area contributed by atoms with Crippen LogP contribution in [-0.2, 0) is 9.59 Å². The maximum atomic E-state index is 9.87. The van der Waals surface area contributed by atoms with Gasteiger partial charge in [-0.05, 0) is 0 Å². The molecule has 0 aromatic rings. The minimum absolute atomic E-state index is 0. The van der Waals surface area contributed by atoms with Crippen molar-refractivity contribution in [1.29, 1.82) is 0 Å². The van der Waals surface area contributed by atoms with Gasteiger partial charge in [-0.1, -0.05) is 6.58 Å². The Bertz CT molecular complexity index is 163. The largest absolute Gasteiger partial charge is 0.481 e. The van der Waals surface area contributed by atoms with Crippen molar-refractivity contribution >= 4 is 29.3 Å². The van der Waals surface area contributed by atoms with E-state index in [0.29, 0.717) is 0 Å². The lowest BCUT2D eigenvalue weighted by atomic mass is 10.2. The molecule has 56 valence electrons. The molecule has 5 heteroatoms. The van der Waals surface area contributed by atoms with E-state index in [9.17, 15) is 9.59 Å². The van der Waals surface area contributed by atoms with E-state index in [0.717, 1.165) is 0 Å². The van der Waals surface area contributed by atoms with Crippen molar-refractivity contribution in [2.45, 2.75) is 6.42 Å². The van der Waals surface area contributed by atoms with Crippen LogP contribution in [0.25, 0.3) is 0 Å². The fourth-order valence-corrected chi connectivity index (χ4v) is 0.258. The summed E-state index contributed by atoms with van der Waals surface area (Å²) in [4.78, 5) is 19.7. The number of carboxylic acid groups (broad SMARTS) is 2. The summed E-state index contributed by atoms with van der Waals surface area (Å²) in [5.41, 5.74) is -0.303. The average Bonchev–Trinajstić information content (AvgIpc) is 1.63. The smallest absolute Gasteiger partial charge is 0.331 e. The van der Waals surface area contributed by atoms with Crippen LogP contribution in [0.3, 0.4) is 0 Å². The first kappa shape index (κ1) is 11.9. The van der Waals surface area contributed by atoms with Crippen LogP contribution in [0.4, 0.5) is 0 Å². The number of hydrogen-bond acceptors (Lipinski definition) is 2. The van der Waals surface area contributed by atoms with Crippen molar-refractivity contribution in [2.75, 3.05) is 0 Å². The molecular formula is C5H9AlO4. The fourth-order valence-electron chi connectivity index (χ4n) is 0.258. The van der Waals surface area contributed by atoms with Crippen LogP contribution in [0.1, 0.15) is 6.42 Å². The van der Waals surface area contributed by atoms with Crippen LogP contribution in [0.15, 0.2) is 12.2 Å². The van der Waals surface area contributed by atoms with Crippen molar-refractivity contribution < 1.29 is 19.8 Å². The Hall–Kier alpha value is -0.788. The molecule has 0 amide bonds. The Labute approximate surface area is 68.3 Å². The zero-order chi connectivity index (χ0) is 7.44.